The first-order chi connectivity index (χ1) is 7.26. The third-order valence-corrected chi connectivity index (χ3v) is 3.24. The van der Waals surface area contributed by atoms with Crippen molar-refractivity contribution in [3.63, 3.8) is 0 Å². The van der Waals surface area contributed by atoms with E-state index in [0.717, 1.165) is 25.9 Å². The molecule has 2 amide bonds. The Labute approximate surface area is 98.8 Å². The molecular formula is C12H25N3O. The molecule has 1 saturated heterocycles. The number of likely N-dealkylation sites (tertiary alicyclic amines) is 1. The van der Waals surface area contributed by atoms with Crippen LogP contribution in [0.25, 0.3) is 0 Å². The quantitative estimate of drug-likeness (QED) is 0.714. The Morgan fingerprint density at radius 2 is 1.75 bits per heavy atom. The van der Waals surface area contributed by atoms with Crippen LogP contribution in [-0.2, 0) is 0 Å². The average Bonchev–Trinajstić information content (AvgIpc) is 2.16. The zero-order valence-electron chi connectivity index (χ0n) is 11.2. The van der Waals surface area contributed by atoms with E-state index < -0.39 is 0 Å². The molecule has 2 N–H and O–H groups in total. The van der Waals surface area contributed by atoms with E-state index in [1.54, 1.807) is 0 Å². The standard InChI is InChI=1S/C12H25N3O/c1-11(2,3)14-10(16)15-8-6-12(4,13-5)7-9-15/h13H,6-9H2,1-5H3,(H,14,16). The highest BCUT2D eigenvalue weighted by atomic mass is 16.2. The number of hydrogen-bond donors (Lipinski definition) is 2. The van der Waals surface area contributed by atoms with Crippen molar-refractivity contribution < 1.29 is 4.79 Å². The van der Waals surface area contributed by atoms with E-state index in [9.17, 15) is 4.79 Å². The third kappa shape index (κ3) is 3.67. The molecule has 16 heavy (non-hydrogen) atoms. The third-order valence-electron chi connectivity index (χ3n) is 3.24. The van der Waals surface area contributed by atoms with Crippen molar-refractivity contribution in [2.75, 3.05) is 20.1 Å². The van der Waals surface area contributed by atoms with Crippen LogP contribution >= 0.6 is 0 Å². The summed E-state index contributed by atoms with van der Waals surface area (Å²) in [5.41, 5.74) is 0.0410. The van der Waals surface area contributed by atoms with Crippen LogP contribution in [0.5, 0.6) is 0 Å². The number of urea groups is 1. The van der Waals surface area contributed by atoms with E-state index in [1.165, 1.54) is 0 Å². The molecule has 1 fully saturated rings. The SMILES string of the molecule is CNC1(C)CCN(C(=O)NC(C)(C)C)CC1. The highest BCUT2D eigenvalue weighted by Crippen LogP contribution is 2.21. The van der Waals surface area contributed by atoms with Gasteiger partial charge in [-0.3, -0.25) is 0 Å². The van der Waals surface area contributed by atoms with Gasteiger partial charge in [0.05, 0.1) is 0 Å². The predicted octanol–water partition coefficient (Wildman–Crippen LogP) is 1.57. The number of rotatable bonds is 1. The summed E-state index contributed by atoms with van der Waals surface area (Å²) in [5.74, 6) is 0. The zero-order chi connectivity index (χ0) is 12.4. The van der Waals surface area contributed by atoms with E-state index in [2.05, 4.69) is 17.6 Å². The Balaban J connectivity index is 2.45. The Morgan fingerprint density at radius 1 is 1.25 bits per heavy atom. The minimum atomic E-state index is -0.152. The monoisotopic (exact) mass is 227 g/mol. The van der Waals surface area contributed by atoms with Crippen molar-refractivity contribution in [2.45, 2.75) is 51.6 Å². The van der Waals surface area contributed by atoms with Gasteiger partial charge >= 0.3 is 6.03 Å². The van der Waals surface area contributed by atoms with Crippen LogP contribution in [0.1, 0.15) is 40.5 Å². The lowest BCUT2D eigenvalue weighted by molar-refractivity contribution is 0.147. The fourth-order valence-electron chi connectivity index (χ4n) is 1.85. The van der Waals surface area contributed by atoms with Crippen molar-refractivity contribution in [2.24, 2.45) is 0 Å². The molecule has 0 aromatic carbocycles. The summed E-state index contributed by atoms with van der Waals surface area (Å²) in [6.07, 6.45) is 2.03. The van der Waals surface area contributed by atoms with Crippen LogP contribution in [0.2, 0.25) is 0 Å². The summed E-state index contributed by atoms with van der Waals surface area (Å²) in [7, 11) is 1.99. The molecule has 1 rings (SSSR count). The summed E-state index contributed by atoms with van der Waals surface area (Å²) < 4.78 is 0. The molecule has 0 saturated carbocycles. The topological polar surface area (TPSA) is 44.4 Å². The smallest absolute Gasteiger partial charge is 0.317 e. The van der Waals surface area contributed by atoms with Gasteiger partial charge in [-0.1, -0.05) is 0 Å². The van der Waals surface area contributed by atoms with E-state index in [-0.39, 0.29) is 17.1 Å². The summed E-state index contributed by atoms with van der Waals surface area (Å²) in [6, 6.07) is 0.0608. The molecule has 0 atom stereocenters. The van der Waals surface area contributed by atoms with Gasteiger partial charge < -0.3 is 15.5 Å². The van der Waals surface area contributed by atoms with Crippen molar-refractivity contribution in [3.05, 3.63) is 0 Å². The number of carbonyl (C=O) groups excluding carboxylic acids is 1. The molecule has 0 aliphatic carbocycles. The van der Waals surface area contributed by atoms with Crippen LogP contribution in [-0.4, -0.2) is 42.1 Å². The van der Waals surface area contributed by atoms with E-state index in [0.29, 0.717) is 0 Å². The van der Waals surface area contributed by atoms with Gasteiger partial charge in [-0.15, -0.1) is 0 Å². The average molecular weight is 227 g/mol. The van der Waals surface area contributed by atoms with Gasteiger partial charge in [0.2, 0.25) is 0 Å². The van der Waals surface area contributed by atoms with Crippen molar-refractivity contribution >= 4 is 6.03 Å². The highest BCUT2D eigenvalue weighted by molar-refractivity contribution is 5.75. The predicted molar refractivity (Wildman–Crippen MR) is 66.6 cm³/mol. The van der Waals surface area contributed by atoms with Crippen LogP contribution in [0, 0.1) is 0 Å². The number of piperidine rings is 1. The molecule has 1 aliphatic heterocycles. The van der Waals surface area contributed by atoms with Gasteiger partial charge in [-0.25, -0.2) is 4.79 Å². The van der Waals surface area contributed by atoms with Crippen molar-refractivity contribution in [3.8, 4) is 0 Å². The van der Waals surface area contributed by atoms with Gasteiger partial charge in [-0.05, 0) is 47.6 Å². The molecule has 4 heteroatoms. The molecule has 0 aromatic heterocycles. The molecular weight excluding hydrogens is 202 g/mol. The van der Waals surface area contributed by atoms with Gasteiger partial charge in [0, 0.05) is 24.2 Å². The molecule has 1 aliphatic rings. The minimum absolute atomic E-state index is 0.0608. The number of nitrogens with one attached hydrogen (secondary N) is 2. The van der Waals surface area contributed by atoms with Crippen LogP contribution < -0.4 is 10.6 Å². The summed E-state index contributed by atoms with van der Waals surface area (Å²) >= 11 is 0. The summed E-state index contributed by atoms with van der Waals surface area (Å²) in [6.45, 7) is 9.90. The molecule has 1 heterocycles. The Hall–Kier alpha value is -0.770. The molecule has 94 valence electrons. The number of hydrogen-bond acceptors (Lipinski definition) is 2. The van der Waals surface area contributed by atoms with Crippen LogP contribution in [0.4, 0.5) is 4.79 Å². The first kappa shape index (κ1) is 13.3. The molecule has 0 radical (unpaired) electrons. The van der Waals surface area contributed by atoms with Crippen molar-refractivity contribution in [1.29, 1.82) is 0 Å². The Bertz CT molecular complexity index is 249. The maximum Gasteiger partial charge on any atom is 0.317 e. The van der Waals surface area contributed by atoms with Gasteiger partial charge in [0.15, 0.2) is 0 Å². The van der Waals surface area contributed by atoms with Crippen LogP contribution in [0.15, 0.2) is 0 Å². The largest absolute Gasteiger partial charge is 0.333 e. The normalized spacial score (nSPS) is 20.7. The van der Waals surface area contributed by atoms with E-state index >= 15 is 0 Å². The summed E-state index contributed by atoms with van der Waals surface area (Å²) in [4.78, 5) is 13.8. The maximum atomic E-state index is 11.9. The molecule has 0 spiro atoms. The second-order valence-electron chi connectivity index (χ2n) is 5.98. The van der Waals surface area contributed by atoms with Gasteiger partial charge in [-0.2, -0.15) is 0 Å². The van der Waals surface area contributed by atoms with Crippen molar-refractivity contribution in [1.82, 2.24) is 15.5 Å². The lowest BCUT2D eigenvalue weighted by atomic mass is 9.90. The van der Waals surface area contributed by atoms with Crippen LogP contribution in [0.3, 0.4) is 0 Å². The van der Waals surface area contributed by atoms with E-state index in [4.69, 9.17) is 0 Å². The van der Waals surface area contributed by atoms with Gasteiger partial charge in [0.25, 0.3) is 0 Å². The number of amides is 2. The second-order valence-corrected chi connectivity index (χ2v) is 5.98. The highest BCUT2D eigenvalue weighted by Gasteiger charge is 2.31. The molecule has 0 bridgehead atoms. The lowest BCUT2D eigenvalue weighted by Gasteiger charge is -2.40. The fraction of sp³-hybridized carbons (Fsp3) is 0.917. The Morgan fingerprint density at radius 3 is 2.12 bits per heavy atom. The number of carbonyl (C=O) groups is 1. The molecule has 0 unspecified atom stereocenters. The number of nitrogens with zero attached hydrogens (tertiary/aromatic N) is 1. The molecule has 0 aromatic rings. The van der Waals surface area contributed by atoms with E-state index in [1.807, 2.05) is 32.7 Å². The lowest BCUT2D eigenvalue weighted by Crippen LogP contribution is -2.55. The second kappa shape index (κ2) is 4.62. The first-order valence-corrected chi connectivity index (χ1v) is 6.02. The zero-order valence-corrected chi connectivity index (χ0v) is 11.2. The minimum Gasteiger partial charge on any atom is -0.333 e. The maximum absolute atomic E-state index is 11.9. The Kier molecular flexibility index (Phi) is 3.84. The molecule has 4 nitrogen and oxygen atoms in total. The summed E-state index contributed by atoms with van der Waals surface area (Å²) in [5, 5.41) is 6.33. The van der Waals surface area contributed by atoms with Gasteiger partial charge in [0.1, 0.15) is 0 Å². The first-order valence-electron chi connectivity index (χ1n) is 6.02. The fourth-order valence-corrected chi connectivity index (χ4v) is 1.85.